The molecule has 0 saturated heterocycles. The maximum atomic E-state index is 14.6. The van der Waals surface area contributed by atoms with E-state index in [0.717, 1.165) is 40.0 Å². The van der Waals surface area contributed by atoms with Crippen LogP contribution in [0, 0.1) is 24.2 Å². The van der Waals surface area contributed by atoms with Crippen LogP contribution in [0.5, 0.6) is 0 Å². The highest BCUT2D eigenvalue weighted by atomic mass is 35.6. The van der Waals surface area contributed by atoms with Crippen LogP contribution in [0.1, 0.15) is 92.3 Å². The number of nitrogens with zero attached hydrogens (tertiary/aromatic N) is 1. The molecule has 1 aliphatic heterocycles. The van der Waals surface area contributed by atoms with E-state index in [4.69, 9.17) is 53.4 Å². The fraction of sp³-hybridized carbons (Fsp3) is 0.667. The fourth-order valence-corrected chi connectivity index (χ4v) is 9.77. The average Bonchev–Trinajstić information content (AvgIpc) is 3.45. The maximum absolute atomic E-state index is 14.6. The Kier molecular flexibility index (Phi) is 17.1. The molecule has 0 fully saturated rings. The van der Waals surface area contributed by atoms with Crippen molar-refractivity contribution in [1.82, 2.24) is 4.98 Å². The summed E-state index contributed by atoms with van der Waals surface area (Å²) in [6.07, 6.45) is 5.54. The van der Waals surface area contributed by atoms with Gasteiger partial charge in [-0.05, 0) is 62.9 Å². The van der Waals surface area contributed by atoms with Gasteiger partial charge in [0.15, 0.2) is 8.32 Å². The van der Waals surface area contributed by atoms with Gasteiger partial charge in [0, 0.05) is 17.2 Å². The zero-order valence-corrected chi connectivity index (χ0v) is 34.7. The molecule has 276 valence electrons. The summed E-state index contributed by atoms with van der Waals surface area (Å²) in [6, 6.07) is 2.49. The van der Waals surface area contributed by atoms with E-state index in [9.17, 15) is 14.4 Å². The lowest BCUT2D eigenvalue weighted by molar-refractivity contribution is -0.153. The average molecular weight is 779 g/mol. The van der Waals surface area contributed by atoms with E-state index in [2.05, 4.69) is 25.8 Å². The highest BCUT2D eigenvalue weighted by molar-refractivity contribution is 7.09. The Labute approximate surface area is 313 Å². The molecule has 1 aliphatic rings. The van der Waals surface area contributed by atoms with Gasteiger partial charge in [0.25, 0.3) is 0 Å². The number of thiazole rings is 1. The molecule has 8 nitrogen and oxygen atoms in total. The smallest absolute Gasteiger partial charge is 0.457 e. The second-order valence-corrected chi connectivity index (χ2v) is 21.9. The van der Waals surface area contributed by atoms with Crippen molar-refractivity contribution in [1.29, 1.82) is 0 Å². The van der Waals surface area contributed by atoms with Gasteiger partial charge in [-0.25, -0.2) is 9.78 Å². The largest absolute Gasteiger partial charge is 0.508 e. The van der Waals surface area contributed by atoms with E-state index in [1.54, 1.807) is 32.1 Å². The SMILES string of the molecule is CC[Si](CC)(CC)O[C@H]1CC(=O)OC(/C(C)=C/c2csc(C)n2)C/C=C(C)\C=C\C[C@H](C)[C@H](OC(=O)OCC(Cl)(Cl)Cl)[C@@H](C)C(=O)C1(C)C. The monoisotopic (exact) mass is 777 g/mol. The van der Waals surface area contributed by atoms with Crippen LogP contribution in [0.4, 0.5) is 4.79 Å². The van der Waals surface area contributed by atoms with Crippen LogP contribution in [-0.4, -0.2) is 59.9 Å². The second kappa shape index (κ2) is 19.2. The van der Waals surface area contributed by atoms with E-state index in [-0.39, 0.29) is 18.1 Å². The van der Waals surface area contributed by atoms with E-state index in [1.807, 2.05) is 57.4 Å². The zero-order chi connectivity index (χ0) is 37.2. The van der Waals surface area contributed by atoms with Gasteiger partial charge in [0.1, 0.15) is 24.6 Å². The molecule has 49 heavy (non-hydrogen) atoms. The first-order valence-electron chi connectivity index (χ1n) is 17.0. The predicted molar refractivity (Wildman–Crippen MR) is 203 cm³/mol. The van der Waals surface area contributed by atoms with Crippen LogP contribution >= 0.6 is 46.1 Å². The van der Waals surface area contributed by atoms with Gasteiger partial charge < -0.3 is 18.6 Å². The van der Waals surface area contributed by atoms with E-state index in [0.29, 0.717) is 12.8 Å². The summed E-state index contributed by atoms with van der Waals surface area (Å²) >= 11 is 18.9. The van der Waals surface area contributed by atoms with Gasteiger partial charge in [-0.15, -0.1) is 11.3 Å². The number of ketones is 1. The Morgan fingerprint density at radius 3 is 2.31 bits per heavy atom. The summed E-state index contributed by atoms with van der Waals surface area (Å²) in [5.74, 6) is -1.74. The predicted octanol–water partition coefficient (Wildman–Crippen LogP) is 10.6. The Hall–Kier alpha value is -1.69. The summed E-state index contributed by atoms with van der Waals surface area (Å²) in [6.45, 7) is 18.9. The lowest BCUT2D eigenvalue weighted by atomic mass is 9.73. The number of aryl methyl sites for hydroxylation is 1. The quantitative estimate of drug-likeness (QED) is 0.139. The number of cyclic esters (lactones) is 1. The number of ether oxygens (including phenoxy) is 3. The van der Waals surface area contributed by atoms with Gasteiger partial charge in [-0.1, -0.05) is 107 Å². The third-order valence-electron chi connectivity index (χ3n) is 9.51. The molecule has 1 aromatic rings. The fourth-order valence-electron chi connectivity index (χ4n) is 6.06. The lowest BCUT2D eigenvalue weighted by Crippen LogP contribution is -2.52. The Morgan fingerprint density at radius 2 is 1.76 bits per heavy atom. The number of halogens is 3. The van der Waals surface area contributed by atoms with Crippen LogP contribution in [0.15, 0.2) is 34.8 Å². The van der Waals surface area contributed by atoms with Crippen molar-refractivity contribution >= 4 is 78.4 Å². The molecular weight excluding hydrogens is 725 g/mol. The molecule has 1 aromatic heterocycles. The summed E-state index contributed by atoms with van der Waals surface area (Å²) in [5.41, 5.74) is 1.50. The van der Waals surface area contributed by atoms with Crippen LogP contribution in [-0.2, 0) is 28.2 Å². The van der Waals surface area contributed by atoms with Crippen molar-refractivity contribution in [2.75, 3.05) is 6.61 Å². The highest BCUT2D eigenvalue weighted by Crippen LogP contribution is 2.38. The van der Waals surface area contributed by atoms with Gasteiger partial charge in [0.05, 0.1) is 29.1 Å². The molecule has 0 amide bonds. The number of carbonyl (C=O) groups excluding carboxylic acids is 3. The third-order valence-corrected chi connectivity index (χ3v) is 15.3. The van der Waals surface area contributed by atoms with Crippen molar-refractivity contribution in [2.45, 2.75) is 129 Å². The molecule has 1 unspecified atom stereocenters. The molecule has 5 atom stereocenters. The zero-order valence-electron chi connectivity index (χ0n) is 30.6. The lowest BCUT2D eigenvalue weighted by Gasteiger charge is -2.42. The Bertz CT molecular complexity index is 1360. The number of esters is 1. The number of alkyl halides is 3. The van der Waals surface area contributed by atoms with Gasteiger partial charge in [-0.2, -0.15) is 0 Å². The van der Waals surface area contributed by atoms with E-state index >= 15 is 0 Å². The number of aromatic nitrogens is 1. The molecule has 0 N–H and O–H groups in total. The van der Waals surface area contributed by atoms with E-state index in [1.165, 1.54) is 0 Å². The van der Waals surface area contributed by atoms with Crippen molar-refractivity contribution in [3.63, 3.8) is 0 Å². The molecule has 0 radical (unpaired) electrons. The minimum atomic E-state index is -2.32. The molecular formula is C36H54Cl3NO7SSi. The highest BCUT2D eigenvalue weighted by Gasteiger charge is 2.47. The number of hydrogen-bond acceptors (Lipinski definition) is 9. The molecule has 0 bridgehead atoms. The molecule has 0 spiro atoms. The summed E-state index contributed by atoms with van der Waals surface area (Å²) in [4.78, 5) is 45.8. The summed E-state index contributed by atoms with van der Waals surface area (Å²) in [5, 5.41) is 2.93. The molecule has 0 saturated carbocycles. The van der Waals surface area contributed by atoms with Crippen LogP contribution in [0.25, 0.3) is 6.08 Å². The van der Waals surface area contributed by atoms with Crippen molar-refractivity contribution < 1.29 is 33.0 Å². The Morgan fingerprint density at radius 1 is 1.12 bits per heavy atom. The Balaban J connectivity index is 2.63. The van der Waals surface area contributed by atoms with Crippen LogP contribution < -0.4 is 0 Å². The number of allylic oxidation sites excluding steroid dienone is 3. The third kappa shape index (κ3) is 13.4. The van der Waals surface area contributed by atoms with Crippen molar-refractivity contribution in [2.24, 2.45) is 17.3 Å². The van der Waals surface area contributed by atoms with Crippen LogP contribution in [0.3, 0.4) is 0 Å². The first-order valence-corrected chi connectivity index (χ1v) is 21.6. The minimum Gasteiger partial charge on any atom is -0.457 e. The van der Waals surface area contributed by atoms with Gasteiger partial charge in [-0.3, -0.25) is 9.59 Å². The van der Waals surface area contributed by atoms with Crippen LogP contribution in [0.2, 0.25) is 18.1 Å². The number of rotatable bonds is 9. The van der Waals surface area contributed by atoms with E-state index < -0.39 is 60.5 Å². The van der Waals surface area contributed by atoms with Gasteiger partial charge in [0.2, 0.25) is 3.79 Å². The van der Waals surface area contributed by atoms with Crippen molar-refractivity contribution in [3.8, 4) is 0 Å². The number of hydrogen-bond donors (Lipinski definition) is 0. The first-order chi connectivity index (χ1) is 22.8. The number of carbonyl (C=O) groups is 3. The normalized spacial score (nSPS) is 26.8. The van der Waals surface area contributed by atoms with Gasteiger partial charge >= 0.3 is 12.1 Å². The second-order valence-electron chi connectivity index (χ2n) is 13.6. The topological polar surface area (TPSA) is 101 Å². The summed E-state index contributed by atoms with van der Waals surface area (Å²) in [7, 11) is -2.32. The molecule has 0 aromatic carbocycles. The molecule has 2 rings (SSSR count). The van der Waals surface area contributed by atoms with Crippen molar-refractivity contribution in [3.05, 3.63) is 45.5 Å². The number of Topliss-reactive ketones (excluding diaryl/α,β-unsaturated/α-hetero) is 1. The first kappa shape index (κ1) is 43.5. The summed E-state index contributed by atoms with van der Waals surface area (Å²) < 4.78 is 22.2. The molecule has 0 aliphatic carbocycles. The minimum absolute atomic E-state index is 0.116. The molecule has 13 heteroatoms. The maximum Gasteiger partial charge on any atom is 0.508 e. The molecule has 2 heterocycles. The standard InChI is InChI=1S/C36H54Cl3NO7SSi/c1-11-49(12-2,13-3)47-30-20-31(41)45-29(25(6)19-28-21-48-27(8)40-28)18-17-23(4)15-14-16-24(5)32(26(7)33(42)35(30,9)10)46-34(43)44-22-36(37,38)39/h14-15,17,19,21,24,26,29-30,32H,11-13,16,18,20,22H2,1-10H3/b15-14+,23-17-,25-19+/t24-,26+,29?,30-,32-/m0/s1.